The second-order valence-corrected chi connectivity index (χ2v) is 9.27. The van der Waals surface area contributed by atoms with E-state index in [2.05, 4.69) is 0 Å². The Morgan fingerprint density at radius 3 is 1.85 bits per heavy atom. The van der Waals surface area contributed by atoms with Gasteiger partial charge in [-0.1, -0.05) is 78.9 Å². The van der Waals surface area contributed by atoms with Crippen LogP contribution in [0.3, 0.4) is 0 Å². The second kappa shape index (κ2) is 8.29. The van der Waals surface area contributed by atoms with Crippen molar-refractivity contribution in [3.63, 3.8) is 0 Å². The minimum Gasteiger partial charge on any atom is -0.309 e. The van der Waals surface area contributed by atoms with Crippen molar-refractivity contribution in [1.29, 1.82) is 0 Å². The fourth-order valence-corrected chi connectivity index (χ4v) is 5.89. The van der Waals surface area contributed by atoms with Crippen LogP contribution in [0, 0.1) is 0 Å². The van der Waals surface area contributed by atoms with Crippen molar-refractivity contribution in [2.45, 2.75) is 26.2 Å². The normalized spacial score (nSPS) is 11.3. The highest BCUT2D eigenvalue weighted by Crippen LogP contribution is 2.42. The van der Waals surface area contributed by atoms with E-state index in [-0.39, 0.29) is 5.78 Å². The van der Waals surface area contributed by atoms with Gasteiger partial charge in [0, 0.05) is 22.3 Å². The SMILES string of the molecule is CC(=O)CCCc1cccc(P(=O)(c2ccccc2)c2ccccc2)c1. The van der Waals surface area contributed by atoms with Crippen molar-refractivity contribution in [3.05, 3.63) is 90.5 Å². The molecule has 0 spiro atoms. The lowest BCUT2D eigenvalue weighted by atomic mass is 10.1. The molecule has 0 bridgehead atoms. The molecule has 0 N–H and O–H groups in total. The number of Topliss-reactive ketones (excluding diaryl/α,β-unsaturated/α-hetero) is 1. The van der Waals surface area contributed by atoms with Gasteiger partial charge in [0.05, 0.1) is 0 Å². The molecule has 0 atom stereocenters. The maximum atomic E-state index is 14.3. The number of ketones is 1. The number of carbonyl (C=O) groups is 1. The van der Waals surface area contributed by atoms with Gasteiger partial charge < -0.3 is 9.36 Å². The monoisotopic (exact) mass is 362 g/mol. The minimum absolute atomic E-state index is 0.209. The summed E-state index contributed by atoms with van der Waals surface area (Å²) in [6.45, 7) is 1.62. The average molecular weight is 362 g/mol. The Morgan fingerprint density at radius 1 is 0.769 bits per heavy atom. The van der Waals surface area contributed by atoms with Gasteiger partial charge in [0.25, 0.3) is 0 Å². The van der Waals surface area contributed by atoms with E-state index in [0.717, 1.165) is 34.3 Å². The van der Waals surface area contributed by atoms with Crippen LogP contribution in [0.2, 0.25) is 0 Å². The smallest absolute Gasteiger partial charge is 0.171 e. The van der Waals surface area contributed by atoms with Gasteiger partial charge in [-0.3, -0.25) is 0 Å². The summed E-state index contributed by atoms with van der Waals surface area (Å²) < 4.78 is 14.3. The lowest BCUT2D eigenvalue weighted by molar-refractivity contribution is -0.117. The van der Waals surface area contributed by atoms with Crippen LogP contribution < -0.4 is 15.9 Å². The van der Waals surface area contributed by atoms with Gasteiger partial charge in [0.2, 0.25) is 0 Å². The summed E-state index contributed by atoms with van der Waals surface area (Å²) in [4.78, 5) is 11.2. The molecule has 3 rings (SSSR count). The van der Waals surface area contributed by atoms with Crippen molar-refractivity contribution >= 4 is 28.8 Å². The molecule has 0 radical (unpaired) electrons. The summed E-state index contributed by atoms with van der Waals surface area (Å²) in [6.07, 6.45) is 2.22. The summed E-state index contributed by atoms with van der Waals surface area (Å²) in [5, 5.41) is 2.52. The molecule has 0 heterocycles. The Morgan fingerprint density at radius 2 is 1.31 bits per heavy atom. The molecule has 0 amide bonds. The highest BCUT2D eigenvalue weighted by molar-refractivity contribution is 7.85. The van der Waals surface area contributed by atoms with E-state index in [9.17, 15) is 9.36 Å². The van der Waals surface area contributed by atoms with Gasteiger partial charge in [-0.25, -0.2) is 0 Å². The molecule has 0 unspecified atom stereocenters. The molecular weight excluding hydrogens is 339 g/mol. The van der Waals surface area contributed by atoms with E-state index in [1.165, 1.54) is 0 Å². The number of hydrogen-bond donors (Lipinski definition) is 0. The first-order valence-corrected chi connectivity index (χ1v) is 10.6. The lowest BCUT2D eigenvalue weighted by Crippen LogP contribution is -2.25. The largest absolute Gasteiger partial charge is 0.309 e. The summed E-state index contributed by atoms with van der Waals surface area (Å²) in [5.41, 5.74) is 1.12. The van der Waals surface area contributed by atoms with Crippen LogP contribution in [-0.4, -0.2) is 5.78 Å². The Kier molecular flexibility index (Phi) is 5.85. The number of hydrogen-bond acceptors (Lipinski definition) is 2. The molecule has 132 valence electrons. The highest BCUT2D eigenvalue weighted by atomic mass is 31.2. The van der Waals surface area contributed by atoms with Gasteiger partial charge in [0.1, 0.15) is 5.78 Å². The lowest BCUT2D eigenvalue weighted by Gasteiger charge is -2.20. The molecule has 26 heavy (non-hydrogen) atoms. The molecule has 3 aromatic rings. The quantitative estimate of drug-likeness (QED) is 0.589. The zero-order valence-corrected chi connectivity index (χ0v) is 15.9. The molecule has 0 fully saturated rings. The van der Waals surface area contributed by atoms with E-state index < -0.39 is 7.14 Å². The van der Waals surface area contributed by atoms with Crippen LogP contribution in [0.15, 0.2) is 84.9 Å². The number of benzene rings is 3. The van der Waals surface area contributed by atoms with Crippen LogP contribution >= 0.6 is 7.14 Å². The standard InChI is InChI=1S/C23H23O2P/c1-19(24)10-8-11-20-12-9-17-23(18-20)26(25,21-13-4-2-5-14-21)22-15-6-3-7-16-22/h2-7,9,12-18H,8,10-11H2,1H3. The van der Waals surface area contributed by atoms with Crippen LogP contribution in [0.4, 0.5) is 0 Å². The van der Waals surface area contributed by atoms with E-state index in [1.807, 2.05) is 84.9 Å². The third-order valence-electron chi connectivity index (χ3n) is 4.51. The Bertz CT molecular complexity index is 874. The first-order valence-electron chi connectivity index (χ1n) is 8.91. The molecule has 0 aromatic heterocycles. The molecule has 2 nitrogen and oxygen atoms in total. The van der Waals surface area contributed by atoms with Gasteiger partial charge >= 0.3 is 0 Å². The summed E-state index contributed by atoms with van der Waals surface area (Å²) in [7, 11) is -2.92. The Labute approximate surface area is 155 Å². The van der Waals surface area contributed by atoms with Crippen LogP contribution in [0.5, 0.6) is 0 Å². The molecule has 0 saturated carbocycles. The number of carbonyl (C=O) groups excluding carboxylic acids is 1. The topological polar surface area (TPSA) is 34.1 Å². The predicted molar refractivity (Wildman–Crippen MR) is 109 cm³/mol. The van der Waals surface area contributed by atoms with Crippen LogP contribution in [0.25, 0.3) is 0 Å². The van der Waals surface area contributed by atoms with E-state index in [4.69, 9.17) is 0 Å². The summed E-state index contributed by atoms with van der Waals surface area (Å²) >= 11 is 0. The zero-order valence-electron chi connectivity index (χ0n) is 15.0. The Balaban J connectivity index is 2.04. The molecule has 0 aliphatic heterocycles. The highest BCUT2D eigenvalue weighted by Gasteiger charge is 2.29. The van der Waals surface area contributed by atoms with Gasteiger partial charge in [-0.15, -0.1) is 0 Å². The second-order valence-electron chi connectivity index (χ2n) is 6.51. The van der Waals surface area contributed by atoms with E-state index in [1.54, 1.807) is 6.92 Å². The van der Waals surface area contributed by atoms with Gasteiger partial charge in [-0.2, -0.15) is 0 Å². The fourth-order valence-electron chi connectivity index (χ4n) is 3.17. The zero-order chi connectivity index (χ0) is 18.4. The first kappa shape index (κ1) is 18.4. The maximum Gasteiger partial charge on any atom is 0.171 e. The van der Waals surface area contributed by atoms with Crippen molar-refractivity contribution in [2.75, 3.05) is 0 Å². The van der Waals surface area contributed by atoms with Crippen molar-refractivity contribution in [2.24, 2.45) is 0 Å². The minimum atomic E-state index is -2.92. The third kappa shape index (κ3) is 4.03. The molecular formula is C23H23O2P. The van der Waals surface area contributed by atoms with Gasteiger partial charge in [-0.05, 0) is 31.4 Å². The number of aryl methyl sites for hydroxylation is 1. The van der Waals surface area contributed by atoms with E-state index >= 15 is 0 Å². The first-order chi connectivity index (χ1) is 12.6. The molecule has 3 aromatic carbocycles. The summed E-state index contributed by atoms with van der Waals surface area (Å²) in [6, 6.07) is 27.4. The maximum absolute atomic E-state index is 14.3. The van der Waals surface area contributed by atoms with Crippen molar-refractivity contribution in [3.8, 4) is 0 Å². The Hall–Kier alpha value is -2.44. The average Bonchev–Trinajstić information content (AvgIpc) is 2.69. The van der Waals surface area contributed by atoms with Gasteiger partial charge in [0.15, 0.2) is 7.14 Å². The molecule has 3 heteroatoms. The van der Waals surface area contributed by atoms with E-state index in [0.29, 0.717) is 6.42 Å². The van der Waals surface area contributed by atoms with Crippen LogP contribution in [-0.2, 0) is 15.8 Å². The number of rotatable bonds is 7. The van der Waals surface area contributed by atoms with Crippen molar-refractivity contribution in [1.82, 2.24) is 0 Å². The predicted octanol–water partition coefficient (Wildman–Crippen LogP) is 4.24. The van der Waals surface area contributed by atoms with Crippen molar-refractivity contribution < 1.29 is 9.36 Å². The molecule has 0 saturated heterocycles. The molecule has 0 aliphatic carbocycles. The fraction of sp³-hybridized carbons (Fsp3) is 0.174. The molecule has 0 aliphatic rings. The third-order valence-corrected chi connectivity index (χ3v) is 7.56. The van der Waals surface area contributed by atoms with Crippen LogP contribution in [0.1, 0.15) is 25.3 Å². The summed E-state index contributed by atoms with van der Waals surface area (Å²) in [5.74, 6) is 0.209.